The smallest absolute Gasteiger partial charge is 0.311 e. The van der Waals surface area contributed by atoms with E-state index in [2.05, 4.69) is 5.16 Å². The number of methoxy groups -OCH3 is 2. The molecule has 3 heterocycles. The summed E-state index contributed by atoms with van der Waals surface area (Å²) in [6.07, 6.45) is -9.49. The van der Waals surface area contributed by atoms with Gasteiger partial charge in [-0.15, -0.1) is 0 Å². The molecule has 0 bridgehead atoms. The van der Waals surface area contributed by atoms with Gasteiger partial charge in [0.15, 0.2) is 12.6 Å². The number of ether oxygens (including phenoxy) is 8. The summed E-state index contributed by atoms with van der Waals surface area (Å²) in [5.41, 5.74) is -4.49. The number of nitrogens with zero attached hydrogens (tertiary/aromatic N) is 2. The molecule has 3 aliphatic heterocycles. The molecule has 17 heteroatoms. The van der Waals surface area contributed by atoms with Crippen LogP contribution >= 0.6 is 0 Å². The van der Waals surface area contributed by atoms with Crippen LogP contribution in [0.4, 0.5) is 0 Å². The molecular weight excluding hydrogens is 760 g/mol. The van der Waals surface area contributed by atoms with Crippen LogP contribution in [0, 0.1) is 23.7 Å². The van der Waals surface area contributed by atoms with Crippen molar-refractivity contribution in [3.05, 3.63) is 0 Å². The molecule has 0 saturated carbocycles. The predicted molar refractivity (Wildman–Crippen MR) is 212 cm³/mol. The topological polar surface area (TPSA) is 217 Å². The van der Waals surface area contributed by atoms with Crippen molar-refractivity contribution in [2.45, 2.75) is 179 Å². The summed E-state index contributed by atoms with van der Waals surface area (Å²) in [5.74, 6) is -4.14. The zero-order chi connectivity index (χ0) is 43.9. The fourth-order valence-electron chi connectivity index (χ4n) is 8.93. The van der Waals surface area contributed by atoms with Crippen molar-refractivity contribution >= 4 is 11.7 Å². The first-order chi connectivity index (χ1) is 27.0. The number of cyclic esters (lactones) is 1. The third-order valence-electron chi connectivity index (χ3n) is 12.6. The minimum Gasteiger partial charge on any atom is -0.459 e. The Hall–Kier alpha value is -1.58. The van der Waals surface area contributed by atoms with Crippen molar-refractivity contribution in [2.75, 3.05) is 48.3 Å². The van der Waals surface area contributed by atoms with Crippen molar-refractivity contribution in [3.8, 4) is 0 Å². The van der Waals surface area contributed by atoms with E-state index in [1.165, 1.54) is 14.0 Å². The predicted octanol–water partition coefficient (Wildman–Crippen LogP) is 2.21. The summed E-state index contributed by atoms with van der Waals surface area (Å²) in [4.78, 5) is 21.8. The molecule has 0 amide bonds. The zero-order valence-electron chi connectivity index (χ0n) is 37.3. The van der Waals surface area contributed by atoms with Crippen molar-refractivity contribution in [2.24, 2.45) is 28.8 Å². The third-order valence-corrected chi connectivity index (χ3v) is 12.6. The van der Waals surface area contributed by atoms with Crippen LogP contribution in [0.1, 0.15) is 94.9 Å². The Labute approximate surface area is 345 Å². The first-order valence-electron chi connectivity index (χ1n) is 20.8. The van der Waals surface area contributed by atoms with Gasteiger partial charge in [0.1, 0.15) is 23.9 Å². The second-order valence-corrected chi connectivity index (χ2v) is 17.7. The van der Waals surface area contributed by atoms with Crippen LogP contribution < -0.4 is 0 Å². The number of hydrogen-bond acceptors (Lipinski definition) is 17. The molecule has 17 nitrogen and oxygen atoms in total. The first kappa shape index (κ1) is 50.8. The standard InChI is InChI=1S/C41H76N2O15/c1-15-29-41(10,49)34(45)24(4)31(42-53-21-52-17-16-50-13)22(2)19-39(8,48)36(58-38-32(44)28(43(11)12)18-23(3)54-38)25(5)33(26(6)37(47)56-29)57-30-20-40(9,51-14)35(46)27(7)55-30/h22-30,32-36,38,44-46,48-49H,15-21H2,1-14H3/t22-,23-,24-,25-,26+,27-,28+,29-,30+,32-,33+,34-,35+,36-,38-,39+,40-,41+/m0/s1. The maximum atomic E-state index is 14.3. The van der Waals surface area contributed by atoms with E-state index in [0.717, 1.165) is 0 Å². The Morgan fingerprint density at radius 1 is 0.897 bits per heavy atom. The Bertz CT molecular complexity index is 1300. The van der Waals surface area contributed by atoms with Gasteiger partial charge in [0.25, 0.3) is 0 Å². The summed E-state index contributed by atoms with van der Waals surface area (Å²) in [6, 6.07) is -0.328. The number of aliphatic hydroxyl groups is 5. The molecule has 3 aliphatic rings. The lowest BCUT2D eigenvalue weighted by molar-refractivity contribution is -0.317. The molecule has 3 rings (SSSR count). The molecule has 0 aromatic heterocycles. The van der Waals surface area contributed by atoms with E-state index in [9.17, 15) is 30.3 Å². The maximum absolute atomic E-state index is 14.3. The van der Waals surface area contributed by atoms with Gasteiger partial charge in [-0.25, -0.2) is 0 Å². The molecule has 5 N–H and O–H groups in total. The molecule has 0 aliphatic carbocycles. The van der Waals surface area contributed by atoms with E-state index in [1.807, 2.05) is 32.8 Å². The molecule has 0 radical (unpaired) electrons. The first-order valence-corrected chi connectivity index (χ1v) is 20.8. The average Bonchev–Trinajstić information content (AvgIpc) is 3.15. The summed E-state index contributed by atoms with van der Waals surface area (Å²) in [7, 11) is 6.76. The second kappa shape index (κ2) is 21.5. The van der Waals surface area contributed by atoms with Crippen molar-refractivity contribution in [3.63, 3.8) is 0 Å². The highest BCUT2D eigenvalue weighted by Crippen LogP contribution is 2.41. The van der Waals surface area contributed by atoms with Crippen molar-refractivity contribution < 1.29 is 73.1 Å². The molecule has 0 unspecified atom stereocenters. The maximum Gasteiger partial charge on any atom is 0.311 e. The molecular formula is C41H76N2O15. The van der Waals surface area contributed by atoms with E-state index in [-0.39, 0.29) is 44.8 Å². The van der Waals surface area contributed by atoms with Gasteiger partial charge in [0.05, 0.1) is 66.6 Å². The lowest BCUT2D eigenvalue weighted by Crippen LogP contribution is -2.61. The average molecular weight is 837 g/mol. The van der Waals surface area contributed by atoms with E-state index < -0.39 is 102 Å². The summed E-state index contributed by atoms with van der Waals surface area (Å²) in [6.45, 7) is 17.3. The van der Waals surface area contributed by atoms with Gasteiger partial charge in [-0.3, -0.25) is 4.79 Å². The SMILES string of the molecule is CC[C@@H]1OC(=O)[C@H](C)[C@H](O[C@@H]2C[C@](C)(OC)[C@H](O)[C@H](C)O2)[C@H](C)[C@H](O[C@@H]2O[C@@H](C)C[C@@H](N(C)C)[C@@H]2O)[C@](C)(O)C[C@H](C)C(=NOCOCCOC)[C@H](C)[C@H](O)[C@]1(C)O. The number of aliphatic hydroxyl groups excluding tert-OH is 3. The van der Waals surface area contributed by atoms with Gasteiger partial charge >= 0.3 is 5.97 Å². The summed E-state index contributed by atoms with van der Waals surface area (Å²) >= 11 is 0. The van der Waals surface area contributed by atoms with Gasteiger partial charge in [-0.2, -0.15) is 0 Å². The van der Waals surface area contributed by atoms with Crippen LogP contribution in [0.2, 0.25) is 0 Å². The Balaban J connectivity index is 2.22. The van der Waals surface area contributed by atoms with Crippen molar-refractivity contribution in [1.82, 2.24) is 4.90 Å². The van der Waals surface area contributed by atoms with E-state index in [0.29, 0.717) is 18.7 Å². The number of oxime groups is 1. The van der Waals surface area contributed by atoms with Gasteiger partial charge < -0.3 is 73.2 Å². The van der Waals surface area contributed by atoms with Gasteiger partial charge in [-0.1, -0.05) is 32.9 Å². The fourth-order valence-corrected chi connectivity index (χ4v) is 8.93. The normalized spacial score (nSPS) is 45.8. The number of hydrogen-bond donors (Lipinski definition) is 5. The molecule has 0 aromatic rings. The monoisotopic (exact) mass is 837 g/mol. The minimum absolute atomic E-state index is 0.0307. The van der Waals surface area contributed by atoms with E-state index in [4.69, 9.17) is 42.7 Å². The number of carbonyl (C=O) groups excluding carboxylic acids is 1. The van der Waals surface area contributed by atoms with Gasteiger partial charge in [0, 0.05) is 44.4 Å². The summed E-state index contributed by atoms with van der Waals surface area (Å²) in [5, 5.41) is 63.6. The van der Waals surface area contributed by atoms with Crippen LogP contribution in [-0.2, 0) is 47.5 Å². The van der Waals surface area contributed by atoms with Gasteiger partial charge in [0.2, 0.25) is 6.79 Å². The highest BCUT2D eigenvalue weighted by molar-refractivity contribution is 5.88. The molecule has 58 heavy (non-hydrogen) atoms. The second-order valence-electron chi connectivity index (χ2n) is 17.7. The van der Waals surface area contributed by atoms with E-state index in [1.54, 1.807) is 55.6 Å². The van der Waals surface area contributed by atoms with Crippen LogP contribution in [-0.4, -0.2) is 175 Å². The number of likely N-dealkylation sites (N-methyl/N-ethyl adjacent to an activating group) is 1. The Morgan fingerprint density at radius 2 is 1.55 bits per heavy atom. The van der Waals surface area contributed by atoms with Crippen LogP contribution in [0.25, 0.3) is 0 Å². The molecule has 0 aromatic carbocycles. The highest BCUT2D eigenvalue weighted by Gasteiger charge is 2.53. The Kier molecular flexibility index (Phi) is 18.8. The number of rotatable bonds is 13. The van der Waals surface area contributed by atoms with Gasteiger partial charge in [-0.05, 0) is 74.9 Å². The van der Waals surface area contributed by atoms with Crippen LogP contribution in [0.5, 0.6) is 0 Å². The molecule has 3 fully saturated rings. The highest BCUT2D eigenvalue weighted by atomic mass is 16.7. The largest absolute Gasteiger partial charge is 0.459 e. The third kappa shape index (κ3) is 12.1. The quantitative estimate of drug-likeness (QED) is 0.0778. The lowest BCUT2D eigenvalue weighted by Gasteiger charge is -2.49. The molecule has 3 saturated heterocycles. The minimum atomic E-state index is -1.97. The molecule has 340 valence electrons. The van der Waals surface area contributed by atoms with Crippen molar-refractivity contribution in [1.29, 1.82) is 0 Å². The number of carbonyl (C=O) groups is 1. The number of esters is 1. The lowest BCUT2D eigenvalue weighted by atomic mass is 9.73. The fraction of sp³-hybridized carbons (Fsp3) is 0.951. The van der Waals surface area contributed by atoms with Crippen LogP contribution in [0.15, 0.2) is 5.16 Å². The molecule has 0 spiro atoms. The Morgan fingerprint density at radius 3 is 2.14 bits per heavy atom. The summed E-state index contributed by atoms with van der Waals surface area (Å²) < 4.78 is 48.1. The molecule has 18 atom stereocenters. The zero-order valence-corrected chi connectivity index (χ0v) is 37.3. The van der Waals surface area contributed by atoms with E-state index >= 15 is 0 Å². The van der Waals surface area contributed by atoms with Crippen LogP contribution in [0.3, 0.4) is 0 Å².